The lowest BCUT2D eigenvalue weighted by molar-refractivity contribution is 0.167. The van der Waals surface area contributed by atoms with Gasteiger partial charge in [-0.15, -0.1) is 0 Å². The Bertz CT molecular complexity index is 276. The van der Waals surface area contributed by atoms with Crippen LogP contribution < -0.4 is 0 Å². The molecule has 1 saturated heterocycles. The molecule has 2 heteroatoms. The fourth-order valence-electron chi connectivity index (χ4n) is 2.13. The van der Waals surface area contributed by atoms with Crippen molar-refractivity contribution in [3.05, 3.63) is 24.0 Å². The molecule has 3 aliphatic rings. The second-order valence-corrected chi connectivity index (χ2v) is 4.18. The summed E-state index contributed by atoms with van der Waals surface area (Å²) in [6.07, 6.45) is 6.88. The summed E-state index contributed by atoms with van der Waals surface area (Å²) in [6.45, 7) is 3.91. The van der Waals surface area contributed by atoms with Gasteiger partial charge in [-0.2, -0.15) is 0 Å². The first-order valence-electron chi connectivity index (χ1n) is 4.99. The lowest BCUT2D eigenvalue weighted by Crippen LogP contribution is -2.04. The van der Waals surface area contributed by atoms with E-state index < -0.39 is 0 Å². The third-order valence-electron chi connectivity index (χ3n) is 3.21. The minimum absolute atomic E-state index is 0.374. The van der Waals surface area contributed by atoms with Crippen LogP contribution in [0.1, 0.15) is 6.92 Å². The highest BCUT2D eigenvalue weighted by molar-refractivity contribution is 5.28. The second kappa shape index (κ2) is 2.61. The lowest BCUT2D eigenvalue weighted by Gasteiger charge is -2.09. The first-order valence-corrected chi connectivity index (χ1v) is 4.99. The summed E-state index contributed by atoms with van der Waals surface area (Å²) in [5, 5.41) is 0. The molecular weight excluding hydrogens is 164 g/mol. The normalized spacial score (nSPS) is 45.2. The van der Waals surface area contributed by atoms with Crippen LogP contribution in [0.25, 0.3) is 0 Å². The summed E-state index contributed by atoms with van der Waals surface area (Å²) in [4.78, 5) is 0. The smallest absolute Gasteiger partial charge is 0.116 e. The average Bonchev–Trinajstić information content (AvgIpc) is 3.02. The minimum Gasteiger partial charge on any atom is -0.495 e. The zero-order valence-electron chi connectivity index (χ0n) is 7.77. The van der Waals surface area contributed by atoms with E-state index >= 15 is 0 Å². The van der Waals surface area contributed by atoms with Crippen molar-refractivity contribution in [2.24, 2.45) is 17.8 Å². The van der Waals surface area contributed by atoms with Gasteiger partial charge in [-0.3, -0.25) is 0 Å². The Balaban J connectivity index is 1.62. The van der Waals surface area contributed by atoms with Gasteiger partial charge in [0.25, 0.3) is 0 Å². The molecule has 2 fully saturated rings. The number of epoxide rings is 1. The summed E-state index contributed by atoms with van der Waals surface area (Å²) >= 11 is 0. The molecule has 0 aromatic heterocycles. The average molecular weight is 178 g/mol. The Labute approximate surface area is 78.2 Å². The fourth-order valence-corrected chi connectivity index (χ4v) is 2.13. The van der Waals surface area contributed by atoms with Crippen molar-refractivity contribution in [3.8, 4) is 0 Å². The van der Waals surface area contributed by atoms with Crippen molar-refractivity contribution < 1.29 is 9.47 Å². The van der Waals surface area contributed by atoms with E-state index in [1.165, 1.54) is 5.76 Å². The van der Waals surface area contributed by atoms with Crippen LogP contribution in [0.15, 0.2) is 24.0 Å². The molecule has 1 saturated carbocycles. The van der Waals surface area contributed by atoms with E-state index in [-0.39, 0.29) is 0 Å². The molecule has 0 spiro atoms. The molecule has 0 aromatic carbocycles. The monoisotopic (exact) mass is 178 g/mol. The topological polar surface area (TPSA) is 21.8 Å². The summed E-state index contributed by atoms with van der Waals surface area (Å²) in [6, 6.07) is 0. The molecule has 4 atom stereocenters. The Morgan fingerprint density at radius 1 is 1.62 bits per heavy atom. The van der Waals surface area contributed by atoms with E-state index in [2.05, 4.69) is 25.2 Å². The van der Waals surface area contributed by atoms with Crippen LogP contribution in [-0.4, -0.2) is 19.3 Å². The first-order chi connectivity index (χ1) is 6.36. The van der Waals surface area contributed by atoms with Gasteiger partial charge in [0.1, 0.15) is 18.5 Å². The first kappa shape index (κ1) is 7.63. The van der Waals surface area contributed by atoms with Crippen LogP contribution >= 0.6 is 0 Å². The number of hydrogen-bond acceptors (Lipinski definition) is 2. The molecular formula is C11H14O2. The Kier molecular flexibility index (Phi) is 1.53. The largest absolute Gasteiger partial charge is 0.495 e. The zero-order chi connectivity index (χ0) is 8.84. The Morgan fingerprint density at radius 3 is 3.23 bits per heavy atom. The van der Waals surface area contributed by atoms with Crippen LogP contribution in [0.2, 0.25) is 0 Å². The number of rotatable bonds is 3. The van der Waals surface area contributed by atoms with Crippen LogP contribution in [0, 0.1) is 17.8 Å². The Morgan fingerprint density at radius 2 is 2.46 bits per heavy atom. The maximum Gasteiger partial charge on any atom is 0.116 e. The molecule has 70 valence electrons. The van der Waals surface area contributed by atoms with Crippen LogP contribution in [0.4, 0.5) is 0 Å². The second-order valence-electron chi connectivity index (χ2n) is 4.18. The van der Waals surface area contributed by atoms with Crippen molar-refractivity contribution in [3.63, 3.8) is 0 Å². The summed E-state index contributed by atoms with van der Waals surface area (Å²) in [7, 11) is 0. The van der Waals surface area contributed by atoms with Gasteiger partial charge < -0.3 is 9.47 Å². The van der Waals surface area contributed by atoms with Gasteiger partial charge >= 0.3 is 0 Å². The molecule has 1 aliphatic heterocycles. The van der Waals surface area contributed by atoms with E-state index in [0.29, 0.717) is 12.0 Å². The minimum atomic E-state index is 0.374. The number of allylic oxidation sites excluding steroid dienone is 4. The third-order valence-corrected chi connectivity index (χ3v) is 3.21. The van der Waals surface area contributed by atoms with E-state index in [1.807, 2.05) is 0 Å². The van der Waals surface area contributed by atoms with Crippen molar-refractivity contribution in [2.75, 3.05) is 13.2 Å². The maximum atomic E-state index is 5.72. The molecule has 0 bridgehead atoms. The van der Waals surface area contributed by atoms with E-state index in [4.69, 9.17) is 9.47 Å². The van der Waals surface area contributed by atoms with Gasteiger partial charge in [-0.1, -0.05) is 19.1 Å². The molecule has 1 heterocycles. The fraction of sp³-hybridized carbons (Fsp3) is 0.636. The Hall–Kier alpha value is -0.760. The van der Waals surface area contributed by atoms with Crippen molar-refractivity contribution in [1.82, 2.24) is 0 Å². The van der Waals surface area contributed by atoms with Gasteiger partial charge in [0.15, 0.2) is 0 Å². The highest BCUT2D eigenvalue weighted by Gasteiger charge is 2.49. The number of ether oxygens (including phenoxy) is 2. The van der Waals surface area contributed by atoms with Crippen molar-refractivity contribution >= 4 is 0 Å². The van der Waals surface area contributed by atoms with Crippen LogP contribution in [0.3, 0.4) is 0 Å². The van der Waals surface area contributed by atoms with Gasteiger partial charge in [0, 0.05) is 5.92 Å². The summed E-state index contributed by atoms with van der Waals surface area (Å²) in [5.41, 5.74) is 0. The third kappa shape index (κ3) is 1.29. The summed E-state index contributed by atoms with van der Waals surface area (Å²) < 4.78 is 10.8. The molecule has 13 heavy (non-hydrogen) atoms. The lowest BCUT2D eigenvalue weighted by atomic mass is 10.2. The molecule has 0 radical (unpaired) electrons. The van der Waals surface area contributed by atoms with E-state index in [9.17, 15) is 0 Å². The molecule has 0 amide bonds. The zero-order valence-corrected chi connectivity index (χ0v) is 7.77. The number of hydrogen-bond donors (Lipinski definition) is 0. The molecule has 2 nitrogen and oxygen atoms in total. The van der Waals surface area contributed by atoms with Gasteiger partial charge in [-0.25, -0.2) is 0 Å². The van der Waals surface area contributed by atoms with Crippen molar-refractivity contribution in [2.45, 2.75) is 13.0 Å². The molecule has 3 rings (SSSR count). The highest BCUT2D eigenvalue weighted by atomic mass is 16.6. The van der Waals surface area contributed by atoms with E-state index in [1.54, 1.807) is 0 Å². The molecule has 2 aliphatic carbocycles. The molecule has 4 unspecified atom stereocenters. The van der Waals surface area contributed by atoms with Crippen LogP contribution in [0.5, 0.6) is 0 Å². The molecule has 0 N–H and O–H groups in total. The maximum absolute atomic E-state index is 5.72. The van der Waals surface area contributed by atoms with Gasteiger partial charge in [0.05, 0.1) is 6.61 Å². The quantitative estimate of drug-likeness (QED) is 0.614. The standard InChI is InChI=1S/C11H14O2/c1-7-9-3-2-4-10(11(7)9)13-6-8-5-12-8/h2-4,7-9,11H,5-6H2,1H3. The predicted octanol–water partition coefficient (Wildman–Crippen LogP) is 1.74. The SMILES string of the molecule is CC1C2C=CC=C(OCC3CO3)C12. The highest BCUT2D eigenvalue weighted by Crippen LogP contribution is 2.53. The van der Waals surface area contributed by atoms with Crippen molar-refractivity contribution in [1.29, 1.82) is 0 Å². The number of fused-ring (bicyclic) bond motifs is 1. The van der Waals surface area contributed by atoms with Gasteiger partial charge in [0.2, 0.25) is 0 Å². The molecule has 0 aromatic rings. The van der Waals surface area contributed by atoms with Gasteiger partial charge in [-0.05, 0) is 17.9 Å². The predicted molar refractivity (Wildman–Crippen MR) is 49.1 cm³/mol. The summed E-state index contributed by atoms with van der Waals surface area (Å²) in [5.74, 6) is 3.38. The van der Waals surface area contributed by atoms with E-state index in [0.717, 1.165) is 25.0 Å². The van der Waals surface area contributed by atoms with Crippen LogP contribution in [-0.2, 0) is 9.47 Å².